The molecule has 3 aromatic carbocycles. The highest BCUT2D eigenvalue weighted by Gasteiger charge is 2.15. The van der Waals surface area contributed by atoms with E-state index in [0.717, 1.165) is 10.8 Å². The highest BCUT2D eigenvalue weighted by Crippen LogP contribution is 2.18. The molecule has 0 bridgehead atoms. The Labute approximate surface area is 154 Å². The van der Waals surface area contributed by atoms with Crippen LogP contribution in [0.15, 0.2) is 66.7 Å². The van der Waals surface area contributed by atoms with Crippen LogP contribution in [0.25, 0.3) is 10.8 Å². The Kier molecular flexibility index (Phi) is 5.41. The fraction of sp³-hybridized carbons (Fsp3) is 0.100. The van der Waals surface area contributed by atoms with E-state index >= 15 is 0 Å². The molecule has 7 nitrogen and oxygen atoms in total. The first-order valence-electron chi connectivity index (χ1n) is 8.19. The number of nitro benzene ring substituents is 1. The van der Waals surface area contributed by atoms with Crippen LogP contribution < -0.4 is 5.32 Å². The van der Waals surface area contributed by atoms with Crippen molar-refractivity contribution in [3.8, 4) is 0 Å². The second-order valence-electron chi connectivity index (χ2n) is 5.79. The van der Waals surface area contributed by atoms with Gasteiger partial charge in [-0.25, -0.2) is 0 Å². The van der Waals surface area contributed by atoms with Crippen molar-refractivity contribution >= 4 is 28.3 Å². The summed E-state index contributed by atoms with van der Waals surface area (Å²) in [5, 5.41) is 15.4. The molecule has 27 heavy (non-hydrogen) atoms. The Morgan fingerprint density at radius 1 is 0.963 bits per heavy atom. The number of nitrogens with zero attached hydrogens (tertiary/aromatic N) is 1. The van der Waals surface area contributed by atoms with Gasteiger partial charge in [0.25, 0.3) is 11.6 Å². The third-order valence-corrected chi connectivity index (χ3v) is 3.98. The van der Waals surface area contributed by atoms with E-state index < -0.39 is 16.8 Å². The molecule has 3 aromatic rings. The van der Waals surface area contributed by atoms with Gasteiger partial charge in [0, 0.05) is 11.6 Å². The summed E-state index contributed by atoms with van der Waals surface area (Å²) in [6, 6.07) is 18.9. The second kappa shape index (κ2) is 8.09. The van der Waals surface area contributed by atoms with Gasteiger partial charge < -0.3 is 10.1 Å². The van der Waals surface area contributed by atoms with Gasteiger partial charge >= 0.3 is 5.97 Å². The lowest BCUT2D eigenvalue weighted by Gasteiger charge is -2.08. The molecule has 136 valence electrons. The van der Waals surface area contributed by atoms with Gasteiger partial charge in [0.05, 0.1) is 10.5 Å². The second-order valence-corrected chi connectivity index (χ2v) is 5.79. The van der Waals surface area contributed by atoms with Crippen LogP contribution in [0.3, 0.4) is 0 Å². The molecule has 0 atom stereocenters. The summed E-state index contributed by atoms with van der Waals surface area (Å²) in [6.45, 7) is -0.561. The fourth-order valence-electron chi connectivity index (χ4n) is 2.61. The van der Waals surface area contributed by atoms with Crippen LogP contribution in [0.5, 0.6) is 0 Å². The predicted octanol–water partition coefficient (Wildman–Crippen LogP) is 3.22. The molecular formula is C20H16N2O5. The van der Waals surface area contributed by atoms with Crippen LogP contribution in [0.2, 0.25) is 0 Å². The fourth-order valence-corrected chi connectivity index (χ4v) is 2.61. The lowest BCUT2D eigenvalue weighted by Crippen LogP contribution is -2.30. The number of fused-ring (bicyclic) bond motifs is 1. The predicted molar refractivity (Wildman–Crippen MR) is 99.2 cm³/mol. The van der Waals surface area contributed by atoms with Gasteiger partial charge in [-0.3, -0.25) is 19.7 Å². The number of hydrogen-bond donors (Lipinski definition) is 1. The number of amides is 1. The van der Waals surface area contributed by atoms with Crippen molar-refractivity contribution in [1.29, 1.82) is 0 Å². The first-order chi connectivity index (χ1) is 13.0. The Bertz CT molecular complexity index is 1020. The zero-order chi connectivity index (χ0) is 19.2. The molecule has 0 spiro atoms. The molecule has 7 heteroatoms. The van der Waals surface area contributed by atoms with Gasteiger partial charge in [0.2, 0.25) is 0 Å². The van der Waals surface area contributed by atoms with E-state index in [1.807, 2.05) is 30.3 Å². The number of nitro groups is 1. The van der Waals surface area contributed by atoms with E-state index in [1.54, 1.807) is 18.2 Å². The smallest absolute Gasteiger partial charge is 0.325 e. The SMILES string of the molecule is O=C(CNC(=O)c1ccc2ccccc2c1)OCc1ccccc1[N+](=O)[O-]. The highest BCUT2D eigenvalue weighted by atomic mass is 16.6. The van der Waals surface area contributed by atoms with Crippen molar-refractivity contribution in [2.75, 3.05) is 6.54 Å². The van der Waals surface area contributed by atoms with Gasteiger partial charge in [-0.15, -0.1) is 0 Å². The lowest BCUT2D eigenvalue weighted by atomic mass is 10.1. The number of carbonyl (C=O) groups excluding carboxylic acids is 2. The molecule has 0 heterocycles. The lowest BCUT2D eigenvalue weighted by molar-refractivity contribution is -0.385. The number of para-hydroxylation sites is 1. The van der Waals surface area contributed by atoms with E-state index in [2.05, 4.69) is 5.32 Å². The van der Waals surface area contributed by atoms with E-state index in [4.69, 9.17) is 4.74 Å². The Morgan fingerprint density at radius 3 is 2.44 bits per heavy atom. The summed E-state index contributed by atoms with van der Waals surface area (Å²) in [7, 11) is 0. The molecule has 0 aromatic heterocycles. The van der Waals surface area contributed by atoms with E-state index in [9.17, 15) is 19.7 Å². The molecule has 1 N–H and O–H groups in total. The Balaban J connectivity index is 1.55. The molecule has 0 saturated carbocycles. The van der Waals surface area contributed by atoms with Crippen LogP contribution in [-0.2, 0) is 16.1 Å². The molecule has 0 aliphatic rings. The maximum Gasteiger partial charge on any atom is 0.325 e. The third kappa shape index (κ3) is 4.46. The first-order valence-corrected chi connectivity index (χ1v) is 8.19. The Hall–Kier alpha value is -3.74. The third-order valence-electron chi connectivity index (χ3n) is 3.98. The van der Waals surface area contributed by atoms with Crippen LogP contribution in [0.4, 0.5) is 5.69 Å². The molecule has 0 aliphatic heterocycles. The number of ether oxygens (including phenoxy) is 1. The minimum absolute atomic E-state index is 0.120. The zero-order valence-electron chi connectivity index (χ0n) is 14.3. The van der Waals surface area contributed by atoms with Gasteiger partial charge in [-0.05, 0) is 29.0 Å². The van der Waals surface area contributed by atoms with Gasteiger partial charge in [0.1, 0.15) is 13.2 Å². The van der Waals surface area contributed by atoms with Gasteiger partial charge in [0.15, 0.2) is 0 Å². The molecule has 0 aliphatic carbocycles. The van der Waals surface area contributed by atoms with E-state index in [1.165, 1.54) is 18.2 Å². The molecule has 0 radical (unpaired) electrons. The van der Waals surface area contributed by atoms with E-state index in [-0.39, 0.29) is 24.4 Å². The summed E-state index contributed by atoms with van der Waals surface area (Å²) >= 11 is 0. The van der Waals surface area contributed by atoms with Crippen molar-refractivity contribution in [3.63, 3.8) is 0 Å². The van der Waals surface area contributed by atoms with Gasteiger partial charge in [-0.2, -0.15) is 0 Å². The van der Waals surface area contributed by atoms with Crippen molar-refractivity contribution in [2.24, 2.45) is 0 Å². The normalized spacial score (nSPS) is 10.4. The van der Waals surface area contributed by atoms with Crippen LogP contribution >= 0.6 is 0 Å². The van der Waals surface area contributed by atoms with Crippen molar-refractivity contribution in [3.05, 3.63) is 88.0 Å². The largest absolute Gasteiger partial charge is 0.459 e. The van der Waals surface area contributed by atoms with Crippen LogP contribution in [0.1, 0.15) is 15.9 Å². The van der Waals surface area contributed by atoms with E-state index in [0.29, 0.717) is 5.56 Å². The molecule has 0 fully saturated rings. The van der Waals surface area contributed by atoms with Crippen molar-refractivity contribution in [2.45, 2.75) is 6.61 Å². The minimum Gasteiger partial charge on any atom is -0.459 e. The molecule has 3 rings (SSSR count). The molecule has 0 saturated heterocycles. The van der Waals surface area contributed by atoms with Crippen LogP contribution in [-0.4, -0.2) is 23.3 Å². The van der Waals surface area contributed by atoms with Crippen molar-refractivity contribution < 1.29 is 19.2 Å². The van der Waals surface area contributed by atoms with Crippen LogP contribution in [0, 0.1) is 10.1 Å². The average Bonchev–Trinajstić information content (AvgIpc) is 2.70. The number of rotatable bonds is 6. The number of carbonyl (C=O) groups is 2. The minimum atomic E-state index is -0.678. The number of nitrogens with one attached hydrogen (secondary N) is 1. The topological polar surface area (TPSA) is 98.5 Å². The number of esters is 1. The molecular weight excluding hydrogens is 348 g/mol. The highest BCUT2D eigenvalue weighted by molar-refractivity contribution is 5.99. The van der Waals surface area contributed by atoms with Gasteiger partial charge in [-0.1, -0.05) is 42.5 Å². The molecule has 0 unspecified atom stereocenters. The monoisotopic (exact) mass is 364 g/mol. The number of benzene rings is 3. The summed E-state index contributed by atoms with van der Waals surface area (Å²) in [5.74, 6) is -1.08. The zero-order valence-corrected chi connectivity index (χ0v) is 14.3. The maximum absolute atomic E-state index is 12.2. The quantitative estimate of drug-likeness (QED) is 0.411. The van der Waals surface area contributed by atoms with Crippen molar-refractivity contribution in [1.82, 2.24) is 5.32 Å². The maximum atomic E-state index is 12.2. The average molecular weight is 364 g/mol. The summed E-state index contributed by atoms with van der Waals surface area (Å²) < 4.78 is 5.02. The summed E-state index contributed by atoms with van der Waals surface area (Å²) in [6.07, 6.45) is 0. The summed E-state index contributed by atoms with van der Waals surface area (Å²) in [4.78, 5) is 34.4. The summed E-state index contributed by atoms with van der Waals surface area (Å²) in [5.41, 5.74) is 0.599. The number of hydrogen-bond acceptors (Lipinski definition) is 5. The first kappa shape index (κ1) is 18.1. The standard InChI is InChI=1S/C20H16N2O5/c23-19(27-13-17-7-3-4-8-18(17)22(25)26)12-21-20(24)16-10-9-14-5-1-2-6-15(14)11-16/h1-11H,12-13H2,(H,21,24). The molecule has 1 amide bonds. The Morgan fingerprint density at radius 2 is 1.67 bits per heavy atom.